The fraction of sp³-hybridized carbons (Fsp3) is 0.600. The Kier molecular flexibility index (Phi) is 4.77. The van der Waals surface area contributed by atoms with Gasteiger partial charge in [0.25, 0.3) is 0 Å². The molecule has 0 aliphatic carbocycles. The molecule has 1 saturated heterocycles. The van der Waals surface area contributed by atoms with Gasteiger partial charge in [0.1, 0.15) is 5.82 Å². The van der Waals surface area contributed by atoms with Crippen molar-refractivity contribution in [1.82, 2.24) is 4.90 Å². The second kappa shape index (κ2) is 6.35. The van der Waals surface area contributed by atoms with Gasteiger partial charge in [-0.1, -0.05) is 0 Å². The fourth-order valence-electron chi connectivity index (χ4n) is 2.70. The molecule has 2 N–H and O–H groups in total. The van der Waals surface area contributed by atoms with Gasteiger partial charge >= 0.3 is 0 Å². The van der Waals surface area contributed by atoms with Crippen LogP contribution in [0.2, 0.25) is 0 Å². The maximum Gasteiger partial charge on any atom is 0.123 e. The molecule has 1 aromatic carbocycles. The minimum Gasteiger partial charge on any atom is -0.369 e. The van der Waals surface area contributed by atoms with E-state index in [0.29, 0.717) is 12.6 Å². The lowest BCUT2D eigenvalue weighted by molar-refractivity contribution is 0.209. The number of hydrogen-bond acceptors (Lipinski definition) is 3. The molecule has 1 aliphatic rings. The smallest absolute Gasteiger partial charge is 0.123 e. The minimum absolute atomic E-state index is 0.173. The van der Waals surface area contributed by atoms with Crippen molar-refractivity contribution in [2.75, 3.05) is 37.6 Å². The van der Waals surface area contributed by atoms with Crippen LogP contribution in [0.25, 0.3) is 0 Å². The predicted molar refractivity (Wildman–Crippen MR) is 78.1 cm³/mol. The van der Waals surface area contributed by atoms with Crippen LogP contribution in [0.1, 0.15) is 19.4 Å². The van der Waals surface area contributed by atoms with E-state index in [0.717, 1.165) is 43.9 Å². The number of piperazine rings is 1. The molecule has 4 heteroatoms. The van der Waals surface area contributed by atoms with E-state index in [-0.39, 0.29) is 5.82 Å². The first kappa shape index (κ1) is 14.3. The van der Waals surface area contributed by atoms with E-state index in [9.17, 15) is 4.39 Å². The molecule has 0 unspecified atom stereocenters. The van der Waals surface area contributed by atoms with Crippen molar-refractivity contribution in [2.45, 2.75) is 26.3 Å². The maximum absolute atomic E-state index is 13.3. The zero-order chi connectivity index (χ0) is 13.8. The molecule has 1 aliphatic heterocycles. The van der Waals surface area contributed by atoms with Crippen molar-refractivity contribution in [3.05, 3.63) is 29.6 Å². The summed E-state index contributed by atoms with van der Waals surface area (Å²) in [5.74, 6) is -0.173. The SMILES string of the molecule is CC(C)N1CCN(c2ccc(F)cc2CCN)CC1. The quantitative estimate of drug-likeness (QED) is 0.902. The van der Waals surface area contributed by atoms with E-state index >= 15 is 0 Å². The second-order valence-corrected chi connectivity index (χ2v) is 5.43. The van der Waals surface area contributed by atoms with E-state index in [1.165, 1.54) is 0 Å². The summed E-state index contributed by atoms with van der Waals surface area (Å²) in [6.45, 7) is 9.15. The number of halogens is 1. The molecule has 1 aromatic rings. The van der Waals surface area contributed by atoms with Crippen LogP contribution in [0.4, 0.5) is 10.1 Å². The largest absolute Gasteiger partial charge is 0.369 e. The molecule has 2 rings (SSSR count). The van der Waals surface area contributed by atoms with E-state index in [2.05, 4.69) is 23.6 Å². The van der Waals surface area contributed by atoms with E-state index < -0.39 is 0 Å². The highest BCUT2D eigenvalue weighted by atomic mass is 19.1. The van der Waals surface area contributed by atoms with Crippen molar-refractivity contribution in [3.63, 3.8) is 0 Å². The summed E-state index contributed by atoms with van der Waals surface area (Å²) in [5, 5.41) is 0. The molecule has 0 atom stereocenters. The monoisotopic (exact) mass is 265 g/mol. The minimum atomic E-state index is -0.173. The van der Waals surface area contributed by atoms with Crippen LogP contribution < -0.4 is 10.6 Å². The third-order valence-corrected chi connectivity index (χ3v) is 3.84. The summed E-state index contributed by atoms with van der Waals surface area (Å²) >= 11 is 0. The van der Waals surface area contributed by atoms with Crippen molar-refractivity contribution in [1.29, 1.82) is 0 Å². The van der Waals surface area contributed by atoms with E-state index in [1.54, 1.807) is 12.1 Å². The molecule has 1 heterocycles. The summed E-state index contributed by atoms with van der Waals surface area (Å²) in [6.07, 6.45) is 0.734. The van der Waals surface area contributed by atoms with Crippen LogP contribution in [0.15, 0.2) is 18.2 Å². The van der Waals surface area contributed by atoms with Crippen molar-refractivity contribution in [2.24, 2.45) is 5.73 Å². The van der Waals surface area contributed by atoms with Crippen LogP contribution in [0.3, 0.4) is 0 Å². The van der Waals surface area contributed by atoms with Gasteiger partial charge in [-0.25, -0.2) is 4.39 Å². The van der Waals surface area contributed by atoms with E-state index in [4.69, 9.17) is 5.73 Å². The Morgan fingerprint density at radius 3 is 2.47 bits per heavy atom. The van der Waals surface area contributed by atoms with Gasteiger partial charge < -0.3 is 10.6 Å². The lowest BCUT2D eigenvalue weighted by atomic mass is 10.1. The Morgan fingerprint density at radius 1 is 1.21 bits per heavy atom. The van der Waals surface area contributed by atoms with Gasteiger partial charge in [-0.05, 0) is 50.6 Å². The van der Waals surface area contributed by atoms with Crippen LogP contribution in [-0.2, 0) is 6.42 Å². The number of anilines is 1. The number of hydrogen-bond donors (Lipinski definition) is 1. The molecule has 0 aromatic heterocycles. The number of nitrogens with zero attached hydrogens (tertiary/aromatic N) is 2. The van der Waals surface area contributed by atoms with E-state index in [1.807, 2.05) is 6.07 Å². The maximum atomic E-state index is 13.3. The van der Waals surface area contributed by atoms with Gasteiger partial charge in [0, 0.05) is 37.9 Å². The van der Waals surface area contributed by atoms with Gasteiger partial charge in [0.2, 0.25) is 0 Å². The summed E-state index contributed by atoms with van der Waals surface area (Å²) in [7, 11) is 0. The second-order valence-electron chi connectivity index (χ2n) is 5.43. The van der Waals surface area contributed by atoms with Crippen molar-refractivity contribution >= 4 is 5.69 Å². The first-order valence-electron chi connectivity index (χ1n) is 7.09. The fourth-order valence-corrected chi connectivity index (χ4v) is 2.70. The van der Waals surface area contributed by atoms with Crippen LogP contribution in [-0.4, -0.2) is 43.7 Å². The Hall–Kier alpha value is -1.13. The van der Waals surface area contributed by atoms with Crippen molar-refractivity contribution < 1.29 is 4.39 Å². The Labute approximate surface area is 115 Å². The molecule has 1 fully saturated rings. The highest BCUT2D eigenvalue weighted by Crippen LogP contribution is 2.23. The summed E-state index contributed by atoms with van der Waals surface area (Å²) < 4.78 is 13.3. The highest BCUT2D eigenvalue weighted by Gasteiger charge is 2.20. The first-order valence-corrected chi connectivity index (χ1v) is 7.09. The summed E-state index contributed by atoms with van der Waals surface area (Å²) in [5.41, 5.74) is 7.80. The molecule has 0 amide bonds. The normalized spacial score (nSPS) is 17.2. The number of benzene rings is 1. The predicted octanol–water partition coefficient (Wildman–Crippen LogP) is 1.86. The summed E-state index contributed by atoms with van der Waals surface area (Å²) in [6, 6.07) is 5.66. The highest BCUT2D eigenvalue weighted by molar-refractivity contribution is 5.54. The summed E-state index contributed by atoms with van der Waals surface area (Å²) in [4.78, 5) is 4.83. The van der Waals surface area contributed by atoms with Gasteiger partial charge in [0.05, 0.1) is 0 Å². The molecule has 19 heavy (non-hydrogen) atoms. The third-order valence-electron chi connectivity index (χ3n) is 3.84. The lowest BCUT2D eigenvalue weighted by Crippen LogP contribution is -2.49. The average Bonchev–Trinajstić information content (AvgIpc) is 2.39. The molecule has 0 radical (unpaired) electrons. The molecule has 0 bridgehead atoms. The van der Waals surface area contributed by atoms with Crippen LogP contribution >= 0.6 is 0 Å². The Morgan fingerprint density at radius 2 is 1.89 bits per heavy atom. The molecule has 3 nitrogen and oxygen atoms in total. The lowest BCUT2D eigenvalue weighted by Gasteiger charge is -2.38. The molecule has 0 saturated carbocycles. The average molecular weight is 265 g/mol. The molecule has 106 valence electrons. The zero-order valence-corrected chi connectivity index (χ0v) is 11.9. The van der Waals surface area contributed by atoms with Crippen LogP contribution in [0.5, 0.6) is 0 Å². The zero-order valence-electron chi connectivity index (χ0n) is 11.9. The first-order chi connectivity index (χ1) is 9.11. The van der Waals surface area contributed by atoms with Gasteiger partial charge in [-0.2, -0.15) is 0 Å². The standard InChI is InChI=1S/C15H24FN3/c1-12(2)18-7-9-19(10-8-18)15-4-3-14(16)11-13(15)5-6-17/h3-4,11-12H,5-10,17H2,1-2H3. The molecular formula is C15H24FN3. The Bertz CT molecular complexity index is 412. The van der Waals surface area contributed by atoms with Gasteiger partial charge in [-0.15, -0.1) is 0 Å². The van der Waals surface area contributed by atoms with Crippen LogP contribution in [0, 0.1) is 5.82 Å². The van der Waals surface area contributed by atoms with Crippen molar-refractivity contribution in [3.8, 4) is 0 Å². The molecule has 0 spiro atoms. The number of nitrogens with two attached hydrogens (primary N) is 1. The number of rotatable bonds is 4. The topological polar surface area (TPSA) is 32.5 Å². The Balaban J connectivity index is 2.10. The molecular weight excluding hydrogens is 241 g/mol. The van der Waals surface area contributed by atoms with Gasteiger partial charge in [0.15, 0.2) is 0 Å². The third kappa shape index (κ3) is 3.45. The van der Waals surface area contributed by atoms with Gasteiger partial charge in [-0.3, -0.25) is 4.90 Å².